The first-order valence-corrected chi connectivity index (χ1v) is 5.63. The molecular weight excluding hydrogens is 192 g/mol. The van der Waals surface area contributed by atoms with Crippen LogP contribution in [0.1, 0.15) is 39.0 Å². The van der Waals surface area contributed by atoms with E-state index >= 15 is 0 Å². The summed E-state index contributed by atoms with van der Waals surface area (Å²) in [6.45, 7) is 1.94. The van der Waals surface area contributed by atoms with Crippen molar-refractivity contribution in [3.8, 4) is 0 Å². The van der Waals surface area contributed by atoms with E-state index in [1.807, 2.05) is 6.08 Å². The first-order valence-electron chi connectivity index (χ1n) is 5.63. The Morgan fingerprint density at radius 1 is 1.27 bits per heavy atom. The lowest BCUT2D eigenvalue weighted by Crippen LogP contribution is -2.15. The van der Waals surface area contributed by atoms with Gasteiger partial charge in [-0.15, -0.1) is 0 Å². The zero-order valence-corrected chi connectivity index (χ0v) is 9.20. The molecule has 1 rings (SSSR count). The number of ketones is 1. The second kappa shape index (κ2) is 6.38. The van der Waals surface area contributed by atoms with Crippen LogP contribution in [0, 0.1) is 5.92 Å². The minimum atomic E-state index is -0.746. The average Bonchev–Trinajstić information content (AvgIpc) is 2.27. The second-order valence-electron chi connectivity index (χ2n) is 3.84. The Morgan fingerprint density at radius 3 is 2.53 bits per heavy atom. The van der Waals surface area contributed by atoms with E-state index in [1.54, 1.807) is 6.92 Å². The molecule has 0 bridgehead atoms. The molecule has 1 saturated carbocycles. The van der Waals surface area contributed by atoms with Crippen molar-refractivity contribution in [1.29, 1.82) is 0 Å². The molecule has 1 aliphatic rings. The van der Waals surface area contributed by atoms with Crippen LogP contribution in [-0.2, 0) is 14.3 Å². The molecule has 1 aliphatic carbocycles. The van der Waals surface area contributed by atoms with Gasteiger partial charge >= 0.3 is 5.97 Å². The lowest BCUT2D eigenvalue weighted by molar-refractivity contribution is -0.151. The Balaban J connectivity index is 2.35. The molecule has 1 fully saturated rings. The molecule has 0 aliphatic heterocycles. The zero-order valence-electron chi connectivity index (χ0n) is 9.20. The Bertz CT molecular complexity index is 250. The van der Waals surface area contributed by atoms with Crippen LogP contribution in [0.5, 0.6) is 0 Å². The SMILES string of the molecule is CCOC(=O)C(=O)C=CC1CCCCC1. The fourth-order valence-corrected chi connectivity index (χ4v) is 1.82. The van der Waals surface area contributed by atoms with Crippen LogP contribution in [0.3, 0.4) is 0 Å². The van der Waals surface area contributed by atoms with Gasteiger partial charge in [-0.05, 0) is 31.8 Å². The lowest BCUT2D eigenvalue weighted by Gasteiger charge is -2.17. The Morgan fingerprint density at radius 2 is 1.93 bits per heavy atom. The predicted octanol–water partition coefficient (Wildman–Crippen LogP) is 2.26. The van der Waals surface area contributed by atoms with E-state index in [1.165, 1.54) is 25.3 Å². The smallest absolute Gasteiger partial charge is 0.378 e. The summed E-state index contributed by atoms with van der Waals surface area (Å²) in [6.07, 6.45) is 9.23. The first kappa shape index (κ1) is 12.0. The summed E-state index contributed by atoms with van der Waals surface area (Å²) < 4.78 is 4.60. The summed E-state index contributed by atoms with van der Waals surface area (Å²) in [5, 5.41) is 0. The normalized spacial score (nSPS) is 17.9. The molecule has 0 amide bonds. The van der Waals surface area contributed by atoms with E-state index < -0.39 is 11.8 Å². The highest BCUT2D eigenvalue weighted by molar-refractivity contribution is 6.38. The van der Waals surface area contributed by atoms with E-state index in [4.69, 9.17) is 0 Å². The van der Waals surface area contributed by atoms with Crippen molar-refractivity contribution >= 4 is 11.8 Å². The van der Waals surface area contributed by atoms with Gasteiger partial charge in [0.1, 0.15) is 0 Å². The number of ether oxygens (including phenoxy) is 1. The van der Waals surface area contributed by atoms with Crippen molar-refractivity contribution in [3.63, 3.8) is 0 Å². The van der Waals surface area contributed by atoms with Gasteiger partial charge in [-0.2, -0.15) is 0 Å². The topological polar surface area (TPSA) is 43.4 Å². The maximum absolute atomic E-state index is 11.2. The van der Waals surface area contributed by atoms with Crippen LogP contribution < -0.4 is 0 Å². The highest BCUT2D eigenvalue weighted by Crippen LogP contribution is 2.24. The number of carbonyl (C=O) groups is 2. The molecule has 0 heterocycles. The van der Waals surface area contributed by atoms with Gasteiger partial charge in [0, 0.05) is 0 Å². The monoisotopic (exact) mass is 210 g/mol. The van der Waals surface area contributed by atoms with Crippen molar-refractivity contribution in [2.75, 3.05) is 6.61 Å². The van der Waals surface area contributed by atoms with Crippen molar-refractivity contribution < 1.29 is 14.3 Å². The molecule has 0 unspecified atom stereocenters. The van der Waals surface area contributed by atoms with Gasteiger partial charge < -0.3 is 4.74 Å². The summed E-state index contributed by atoms with van der Waals surface area (Å²) in [5.41, 5.74) is 0. The number of allylic oxidation sites excluding steroid dienone is 1. The summed E-state index contributed by atoms with van der Waals surface area (Å²) >= 11 is 0. The molecule has 0 aromatic heterocycles. The van der Waals surface area contributed by atoms with Crippen molar-refractivity contribution in [3.05, 3.63) is 12.2 Å². The fraction of sp³-hybridized carbons (Fsp3) is 0.667. The molecule has 0 saturated heterocycles. The molecule has 3 nitrogen and oxygen atoms in total. The van der Waals surface area contributed by atoms with Crippen LogP contribution in [0.15, 0.2) is 12.2 Å². The van der Waals surface area contributed by atoms with Crippen molar-refractivity contribution in [2.45, 2.75) is 39.0 Å². The molecule has 0 aromatic carbocycles. The lowest BCUT2D eigenvalue weighted by atomic mass is 9.89. The third-order valence-corrected chi connectivity index (χ3v) is 2.65. The number of carbonyl (C=O) groups excluding carboxylic acids is 2. The van der Waals surface area contributed by atoms with Crippen LogP contribution in [0.2, 0.25) is 0 Å². The molecule has 84 valence electrons. The Hall–Kier alpha value is -1.12. The Labute approximate surface area is 90.5 Å². The maximum Gasteiger partial charge on any atom is 0.378 e. The largest absolute Gasteiger partial charge is 0.460 e. The van der Waals surface area contributed by atoms with Crippen LogP contribution in [0.25, 0.3) is 0 Å². The molecule has 15 heavy (non-hydrogen) atoms. The van der Waals surface area contributed by atoms with E-state index in [0.29, 0.717) is 5.92 Å². The quantitative estimate of drug-likeness (QED) is 0.406. The minimum absolute atomic E-state index is 0.252. The van der Waals surface area contributed by atoms with Gasteiger partial charge in [-0.1, -0.05) is 25.3 Å². The summed E-state index contributed by atoms with van der Waals surface area (Å²) in [7, 11) is 0. The second-order valence-corrected chi connectivity index (χ2v) is 3.84. The zero-order chi connectivity index (χ0) is 11.1. The van der Waals surface area contributed by atoms with E-state index in [-0.39, 0.29) is 6.61 Å². The van der Waals surface area contributed by atoms with Gasteiger partial charge in [0.25, 0.3) is 5.78 Å². The van der Waals surface area contributed by atoms with Gasteiger partial charge in [0.15, 0.2) is 0 Å². The standard InChI is InChI=1S/C12H18O3/c1-2-15-12(14)11(13)9-8-10-6-4-3-5-7-10/h8-10H,2-7H2,1H3. The fourth-order valence-electron chi connectivity index (χ4n) is 1.82. The predicted molar refractivity (Wildman–Crippen MR) is 57.4 cm³/mol. The molecule has 0 radical (unpaired) electrons. The average molecular weight is 210 g/mol. The van der Waals surface area contributed by atoms with Gasteiger partial charge in [-0.3, -0.25) is 4.79 Å². The third kappa shape index (κ3) is 4.28. The van der Waals surface area contributed by atoms with Crippen molar-refractivity contribution in [2.24, 2.45) is 5.92 Å². The van der Waals surface area contributed by atoms with Gasteiger partial charge in [-0.25, -0.2) is 4.79 Å². The first-order chi connectivity index (χ1) is 7.24. The van der Waals surface area contributed by atoms with Crippen LogP contribution >= 0.6 is 0 Å². The summed E-state index contributed by atoms with van der Waals surface area (Å²) in [5.74, 6) is -0.816. The van der Waals surface area contributed by atoms with E-state index in [0.717, 1.165) is 12.8 Å². The molecule has 0 atom stereocenters. The third-order valence-electron chi connectivity index (χ3n) is 2.65. The minimum Gasteiger partial charge on any atom is -0.460 e. The van der Waals surface area contributed by atoms with Crippen molar-refractivity contribution in [1.82, 2.24) is 0 Å². The van der Waals surface area contributed by atoms with Crippen LogP contribution in [0.4, 0.5) is 0 Å². The molecule has 0 spiro atoms. The van der Waals surface area contributed by atoms with E-state index in [2.05, 4.69) is 4.74 Å². The number of hydrogen-bond acceptors (Lipinski definition) is 3. The van der Waals surface area contributed by atoms with Gasteiger partial charge in [0.2, 0.25) is 0 Å². The number of esters is 1. The Kier molecular flexibility index (Phi) is 5.08. The maximum atomic E-state index is 11.2. The molecule has 0 N–H and O–H groups in total. The van der Waals surface area contributed by atoms with Gasteiger partial charge in [0.05, 0.1) is 6.61 Å². The van der Waals surface area contributed by atoms with E-state index in [9.17, 15) is 9.59 Å². The summed E-state index contributed by atoms with van der Waals surface area (Å²) in [6, 6.07) is 0. The molecule has 0 aromatic rings. The highest BCUT2D eigenvalue weighted by Gasteiger charge is 2.13. The van der Waals surface area contributed by atoms with Crippen LogP contribution in [-0.4, -0.2) is 18.4 Å². The highest BCUT2D eigenvalue weighted by atomic mass is 16.5. The number of hydrogen-bond donors (Lipinski definition) is 0. The molecule has 3 heteroatoms. The molecular formula is C12H18O3. The summed E-state index contributed by atoms with van der Waals surface area (Å²) in [4.78, 5) is 22.2. The number of rotatable bonds is 4.